The number of aliphatic hydroxyl groups is 3. The van der Waals surface area contributed by atoms with Gasteiger partial charge in [-0.2, -0.15) is 0 Å². The first kappa shape index (κ1) is 30.3. The van der Waals surface area contributed by atoms with E-state index in [-0.39, 0.29) is 12.5 Å². The number of carbonyl (C=O) groups is 1. The molecule has 42 heavy (non-hydrogen) atoms. The molecular weight excluding hydrogens is 556 g/mol. The molecule has 2 heterocycles. The fourth-order valence-electron chi connectivity index (χ4n) is 5.73. The van der Waals surface area contributed by atoms with E-state index in [0.717, 1.165) is 48.5 Å². The molecule has 3 aromatic carbocycles. The highest BCUT2D eigenvalue weighted by Gasteiger charge is 2.44. The molecule has 0 unspecified atom stereocenters. The third kappa shape index (κ3) is 6.74. The van der Waals surface area contributed by atoms with E-state index in [2.05, 4.69) is 0 Å². The minimum absolute atomic E-state index is 0.0130. The molecule has 0 aromatic heterocycles. The number of ether oxygens (including phenoxy) is 2. The van der Waals surface area contributed by atoms with Crippen LogP contribution in [-0.2, 0) is 11.2 Å². The van der Waals surface area contributed by atoms with E-state index in [1.807, 2.05) is 78.4 Å². The highest BCUT2D eigenvalue weighted by Crippen LogP contribution is 2.35. The Morgan fingerprint density at radius 2 is 1.74 bits per heavy atom. The third-order valence-corrected chi connectivity index (χ3v) is 8.49. The SMILES string of the molecule is CCOc1ccc(Cc2cc([C@@H]3O[C@H](CN(C)c4cccc(C(=O)N5CCCC5)c4)[C@H](O)[C@@H](O)[C@H]3O)ccc2Cl)cc1. The van der Waals surface area contributed by atoms with Crippen LogP contribution in [0, 0.1) is 0 Å². The molecule has 1 amide bonds. The predicted molar refractivity (Wildman–Crippen MR) is 162 cm³/mol. The number of carbonyl (C=O) groups excluding carboxylic acids is 1. The third-order valence-electron chi connectivity index (χ3n) is 8.12. The van der Waals surface area contributed by atoms with Crippen LogP contribution in [0.5, 0.6) is 5.75 Å². The number of amides is 1. The zero-order valence-corrected chi connectivity index (χ0v) is 24.8. The first-order valence-electron chi connectivity index (χ1n) is 14.6. The molecule has 2 aliphatic rings. The number of likely N-dealkylation sites (N-methyl/N-ethyl adjacent to an activating group) is 1. The van der Waals surface area contributed by atoms with Gasteiger partial charge in [0.1, 0.15) is 36.3 Å². The summed E-state index contributed by atoms with van der Waals surface area (Å²) in [5.41, 5.74) is 3.95. The highest BCUT2D eigenvalue weighted by molar-refractivity contribution is 6.31. The maximum atomic E-state index is 12.9. The molecule has 5 atom stereocenters. The summed E-state index contributed by atoms with van der Waals surface area (Å²) in [6.07, 6.45) is -3.11. The van der Waals surface area contributed by atoms with E-state index in [1.165, 1.54) is 0 Å². The lowest BCUT2D eigenvalue weighted by Crippen LogP contribution is -2.57. The topological polar surface area (TPSA) is 103 Å². The number of hydrogen-bond donors (Lipinski definition) is 3. The molecule has 224 valence electrons. The lowest BCUT2D eigenvalue weighted by molar-refractivity contribution is -0.221. The van der Waals surface area contributed by atoms with E-state index >= 15 is 0 Å². The standard InChI is InChI=1S/C33H39ClN2O6/c1-3-41-26-12-9-21(10-13-26)17-24-18-22(11-14-27(24)34)32-31(39)30(38)29(37)28(42-32)20-35(2)25-8-6-7-23(19-25)33(40)36-15-4-5-16-36/h6-14,18-19,28-32,37-39H,3-5,15-17,20H2,1-2H3/t28-,29+,30-,31-,32+/m1/s1. The Bertz CT molecular complexity index is 1360. The van der Waals surface area contributed by atoms with Gasteiger partial charge in [0.15, 0.2) is 0 Å². The number of hydrogen-bond acceptors (Lipinski definition) is 7. The van der Waals surface area contributed by atoms with Crippen molar-refractivity contribution in [3.8, 4) is 5.75 Å². The number of aliphatic hydroxyl groups excluding tert-OH is 3. The van der Waals surface area contributed by atoms with Crippen LogP contribution in [0.1, 0.15) is 52.9 Å². The zero-order chi connectivity index (χ0) is 29.8. The van der Waals surface area contributed by atoms with Crippen LogP contribution >= 0.6 is 11.6 Å². The van der Waals surface area contributed by atoms with Gasteiger partial charge in [0.2, 0.25) is 0 Å². The highest BCUT2D eigenvalue weighted by atomic mass is 35.5. The molecule has 3 N–H and O–H groups in total. The number of benzene rings is 3. The fourth-order valence-corrected chi connectivity index (χ4v) is 5.91. The first-order chi connectivity index (χ1) is 20.2. The summed E-state index contributed by atoms with van der Waals surface area (Å²) in [5.74, 6) is 0.812. The first-order valence-corrected chi connectivity index (χ1v) is 14.9. The van der Waals surface area contributed by atoms with Gasteiger partial charge in [-0.05, 0) is 79.3 Å². The Labute approximate surface area is 252 Å². The van der Waals surface area contributed by atoms with Crippen LogP contribution in [0.4, 0.5) is 5.69 Å². The molecule has 8 nitrogen and oxygen atoms in total. The number of nitrogens with zero attached hydrogens (tertiary/aromatic N) is 2. The molecule has 0 spiro atoms. The van der Waals surface area contributed by atoms with E-state index < -0.39 is 30.5 Å². The van der Waals surface area contributed by atoms with Gasteiger partial charge in [-0.25, -0.2) is 0 Å². The predicted octanol–water partition coefficient (Wildman–Crippen LogP) is 4.22. The second-order valence-electron chi connectivity index (χ2n) is 11.1. The minimum atomic E-state index is -1.41. The van der Waals surface area contributed by atoms with Gasteiger partial charge >= 0.3 is 0 Å². The second kappa shape index (κ2) is 13.4. The van der Waals surface area contributed by atoms with Gasteiger partial charge in [0.05, 0.1) is 6.61 Å². The van der Waals surface area contributed by atoms with Crippen molar-refractivity contribution in [3.63, 3.8) is 0 Å². The summed E-state index contributed by atoms with van der Waals surface area (Å²) < 4.78 is 11.8. The van der Waals surface area contributed by atoms with Gasteiger partial charge in [0.25, 0.3) is 5.91 Å². The van der Waals surface area contributed by atoms with Crippen LogP contribution in [0.15, 0.2) is 66.7 Å². The maximum absolute atomic E-state index is 12.9. The summed E-state index contributed by atoms with van der Waals surface area (Å²) in [6, 6.07) is 20.6. The lowest BCUT2D eigenvalue weighted by Gasteiger charge is -2.42. The van der Waals surface area contributed by atoms with Crippen LogP contribution in [0.2, 0.25) is 5.02 Å². The molecule has 0 saturated carbocycles. The van der Waals surface area contributed by atoms with Gasteiger partial charge in [-0.15, -0.1) is 0 Å². The Balaban J connectivity index is 1.31. The van der Waals surface area contributed by atoms with Gasteiger partial charge in [0, 0.05) is 43.0 Å². The van der Waals surface area contributed by atoms with Crippen LogP contribution in [0.3, 0.4) is 0 Å². The van der Waals surface area contributed by atoms with E-state index in [9.17, 15) is 20.1 Å². The number of likely N-dealkylation sites (tertiary alicyclic amines) is 1. The monoisotopic (exact) mass is 594 g/mol. The van der Waals surface area contributed by atoms with Crippen LogP contribution in [-0.4, -0.2) is 83.8 Å². The molecule has 0 bridgehead atoms. The quantitative estimate of drug-likeness (QED) is 0.341. The van der Waals surface area contributed by atoms with Crippen molar-refractivity contribution in [3.05, 3.63) is 94.0 Å². The van der Waals surface area contributed by atoms with Crippen molar-refractivity contribution in [2.24, 2.45) is 0 Å². The van der Waals surface area contributed by atoms with Gasteiger partial charge in [-0.3, -0.25) is 4.79 Å². The minimum Gasteiger partial charge on any atom is -0.494 e. The van der Waals surface area contributed by atoms with E-state index in [4.69, 9.17) is 21.1 Å². The Hall–Kier alpha value is -3.14. The summed E-state index contributed by atoms with van der Waals surface area (Å²) in [4.78, 5) is 16.7. The van der Waals surface area contributed by atoms with Crippen molar-refractivity contribution < 1.29 is 29.6 Å². The normalized spacial score (nSPS) is 24.0. The van der Waals surface area contributed by atoms with Crippen molar-refractivity contribution in [2.45, 2.75) is 56.7 Å². The average Bonchev–Trinajstić information content (AvgIpc) is 3.55. The summed E-state index contributed by atoms with van der Waals surface area (Å²) in [7, 11) is 1.85. The van der Waals surface area contributed by atoms with Crippen molar-refractivity contribution in [1.82, 2.24) is 4.90 Å². The van der Waals surface area contributed by atoms with Crippen molar-refractivity contribution in [1.29, 1.82) is 0 Å². The summed E-state index contributed by atoms with van der Waals surface area (Å²) in [6.45, 7) is 4.31. The molecule has 2 saturated heterocycles. The van der Waals surface area contributed by atoms with E-state index in [1.54, 1.807) is 12.1 Å². The summed E-state index contributed by atoms with van der Waals surface area (Å²) in [5, 5.41) is 33.2. The zero-order valence-electron chi connectivity index (χ0n) is 24.0. The maximum Gasteiger partial charge on any atom is 0.253 e. The Kier molecular flexibility index (Phi) is 9.70. The molecule has 9 heteroatoms. The molecule has 0 aliphatic carbocycles. The molecule has 2 fully saturated rings. The second-order valence-corrected chi connectivity index (χ2v) is 11.5. The molecule has 2 aliphatic heterocycles. The van der Waals surface area contributed by atoms with Crippen molar-refractivity contribution >= 4 is 23.2 Å². The number of halogens is 1. The molecular formula is C33H39ClN2O6. The fraction of sp³-hybridized carbons (Fsp3) is 0.424. The van der Waals surface area contributed by atoms with Crippen LogP contribution in [0.25, 0.3) is 0 Å². The smallest absolute Gasteiger partial charge is 0.253 e. The van der Waals surface area contributed by atoms with Crippen molar-refractivity contribution in [2.75, 3.05) is 38.2 Å². The van der Waals surface area contributed by atoms with Crippen LogP contribution < -0.4 is 9.64 Å². The van der Waals surface area contributed by atoms with Gasteiger partial charge in [-0.1, -0.05) is 41.9 Å². The van der Waals surface area contributed by atoms with Gasteiger partial charge < -0.3 is 34.6 Å². The molecule has 5 rings (SSSR count). The lowest BCUT2D eigenvalue weighted by atomic mass is 9.89. The largest absolute Gasteiger partial charge is 0.494 e. The molecule has 3 aromatic rings. The average molecular weight is 595 g/mol. The number of anilines is 1. The Morgan fingerprint density at radius 3 is 2.45 bits per heavy atom. The van der Waals surface area contributed by atoms with E-state index in [0.29, 0.717) is 29.2 Å². The number of rotatable bonds is 9. The Morgan fingerprint density at radius 1 is 1.00 bits per heavy atom. The molecule has 0 radical (unpaired) electrons. The summed E-state index contributed by atoms with van der Waals surface area (Å²) >= 11 is 6.55.